The van der Waals surface area contributed by atoms with Crippen LogP contribution in [0.4, 0.5) is 5.95 Å². The third-order valence-corrected chi connectivity index (χ3v) is 3.45. The van der Waals surface area contributed by atoms with Crippen molar-refractivity contribution in [2.24, 2.45) is 0 Å². The number of nitrogens with two attached hydrogens (primary N) is 1. The number of imidazole rings is 1. The number of aromatic nitrogens is 2. The highest BCUT2D eigenvalue weighted by molar-refractivity contribution is 9.10. The Balaban J connectivity index is 2.51. The fraction of sp³-hybridized carbons (Fsp3) is 0. The van der Waals surface area contributed by atoms with E-state index >= 15 is 0 Å². The maximum absolute atomic E-state index is 5.88. The lowest BCUT2D eigenvalue weighted by molar-refractivity contribution is 1.33. The molecule has 13 heavy (non-hydrogen) atoms. The highest BCUT2D eigenvalue weighted by Gasteiger charge is 2.10. The minimum atomic E-state index is 0.338. The number of nitrogens with one attached hydrogen (secondary N) is 1. The van der Waals surface area contributed by atoms with Gasteiger partial charge in [-0.25, -0.2) is 4.98 Å². The van der Waals surface area contributed by atoms with Crippen molar-refractivity contribution in [3.8, 4) is 10.6 Å². The molecule has 0 aromatic carbocycles. The molecule has 2 aromatic heterocycles. The van der Waals surface area contributed by atoms with Gasteiger partial charge in [-0.15, -0.1) is 11.3 Å². The predicted octanol–water partition coefficient (Wildman–Crippen LogP) is 3.14. The Morgan fingerprint density at radius 2 is 2.38 bits per heavy atom. The van der Waals surface area contributed by atoms with E-state index in [1.807, 2.05) is 11.4 Å². The Morgan fingerprint density at radius 3 is 2.85 bits per heavy atom. The van der Waals surface area contributed by atoms with Gasteiger partial charge >= 0.3 is 0 Å². The van der Waals surface area contributed by atoms with Gasteiger partial charge < -0.3 is 10.7 Å². The van der Waals surface area contributed by atoms with Gasteiger partial charge in [0.1, 0.15) is 10.8 Å². The highest BCUT2D eigenvalue weighted by atomic mass is 79.9. The van der Waals surface area contributed by atoms with Gasteiger partial charge in [-0.2, -0.15) is 0 Å². The van der Waals surface area contributed by atoms with E-state index in [1.165, 1.54) is 0 Å². The molecule has 2 heterocycles. The second-order valence-electron chi connectivity index (χ2n) is 2.41. The average molecular weight is 279 g/mol. The summed E-state index contributed by atoms with van der Waals surface area (Å²) in [5.74, 6) is 0.338. The number of rotatable bonds is 1. The Kier molecular flexibility index (Phi) is 2.31. The molecule has 0 saturated carbocycles. The third kappa shape index (κ3) is 1.72. The zero-order valence-corrected chi connectivity index (χ0v) is 9.50. The van der Waals surface area contributed by atoms with E-state index in [4.69, 9.17) is 17.3 Å². The average Bonchev–Trinajstić information content (AvgIpc) is 2.58. The van der Waals surface area contributed by atoms with Crippen LogP contribution >= 0.6 is 38.9 Å². The molecule has 6 heteroatoms. The maximum Gasteiger partial charge on any atom is 0.199 e. The Hall–Kier alpha value is -0.520. The van der Waals surface area contributed by atoms with E-state index in [0.29, 0.717) is 16.8 Å². The fourth-order valence-electron chi connectivity index (χ4n) is 0.970. The van der Waals surface area contributed by atoms with Crippen LogP contribution < -0.4 is 5.73 Å². The first kappa shape index (κ1) is 9.05. The summed E-state index contributed by atoms with van der Waals surface area (Å²) < 4.78 is 1.02. The first-order chi connectivity index (χ1) is 6.16. The second kappa shape index (κ2) is 3.32. The molecular formula is C7H5BrClN3S. The van der Waals surface area contributed by atoms with E-state index in [-0.39, 0.29) is 0 Å². The van der Waals surface area contributed by atoms with Gasteiger partial charge in [0.15, 0.2) is 5.95 Å². The summed E-state index contributed by atoms with van der Waals surface area (Å²) >= 11 is 10.8. The molecule has 0 radical (unpaired) electrons. The lowest BCUT2D eigenvalue weighted by Crippen LogP contribution is -1.84. The number of nitrogen functional groups attached to an aromatic ring is 1. The van der Waals surface area contributed by atoms with Crippen LogP contribution in [0, 0.1) is 0 Å². The van der Waals surface area contributed by atoms with Crippen molar-refractivity contribution in [2.75, 3.05) is 5.73 Å². The van der Waals surface area contributed by atoms with E-state index in [1.54, 1.807) is 11.3 Å². The zero-order chi connectivity index (χ0) is 9.42. The smallest absolute Gasteiger partial charge is 0.199 e. The molecule has 0 unspecified atom stereocenters. The predicted molar refractivity (Wildman–Crippen MR) is 59.0 cm³/mol. The molecule has 2 aromatic rings. The Bertz CT molecular complexity index is 437. The normalized spacial score (nSPS) is 10.6. The molecule has 0 atom stereocenters. The molecule has 2 rings (SSSR count). The van der Waals surface area contributed by atoms with Crippen LogP contribution in [0.15, 0.2) is 15.9 Å². The van der Waals surface area contributed by atoms with Crippen LogP contribution in [0.2, 0.25) is 5.15 Å². The van der Waals surface area contributed by atoms with Crippen LogP contribution in [0.3, 0.4) is 0 Å². The molecule has 0 aliphatic carbocycles. The lowest BCUT2D eigenvalue weighted by Gasteiger charge is -1.88. The SMILES string of the molecule is Nc1nc(-c2cc(Br)cs2)c(Cl)[nH]1. The largest absolute Gasteiger partial charge is 0.369 e. The van der Waals surface area contributed by atoms with Crippen LogP contribution in [0.25, 0.3) is 10.6 Å². The topological polar surface area (TPSA) is 54.7 Å². The van der Waals surface area contributed by atoms with Crippen molar-refractivity contribution >= 4 is 44.8 Å². The molecule has 0 bridgehead atoms. The molecule has 3 N–H and O–H groups in total. The van der Waals surface area contributed by atoms with Gasteiger partial charge in [0.25, 0.3) is 0 Å². The van der Waals surface area contributed by atoms with Gasteiger partial charge in [0.05, 0.1) is 4.88 Å². The number of H-pyrrole nitrogens is 1. The molecule has 0 aliphatic heterocycles. The summed E-state index contributed by atoms with van der Waals surface area (Å²) in [7, 11) is 0. The lowest BCUT2D eigenvalue weighted by atomic mass is 10.4. The molecular weight excluding hydrogens is 274 g/mol. The minimum absolute atomic E-state index is 0.338. The van der Waals surface area contributed by atoms with Gasteiger partial charge in [0.2, 0.25) is 0 Å². The highest BCUT2D eigenvalue weighted by Crippen LogP contribution is 2.33. The van der Waals surface area contributed by atoms with Crippen molar-refractivity contribution < 1.29 is 0 Å². The summed E-state index contributed by atoms with van der Waals surface area (Å²) in [5, 5.41) is 2.45. The Labute approximate surface area is 92.1 Å². The summed E-state index contributed by atoms with van der Waals surface area (Å²) in [6.07, 6.45) is 0. The van der Waals surface area contributed by atoms with Crippen LogP contribution in [-0.4, -0.2) is 9.97 Å². The minimum Gasteiger partial charge on any atom is -0.369 e. The number of hydrogen-bond acceptors (Lipinski definition) is 3. The monoisotopic (exact) mass is 277 g/mol. The number of aromatic amines is 1. The van der Waals surface area contributed by atoms with Crippen LogP contribution in [-0.2, 0) is 0 Å². The van der Waals surface area contributed by atoms with Gasteiger partial charge in [-0.3, -0.25) is 0 Å². The molecule has 0 spiro atoms. The van der Waals surface area contributed by atoms with E-state index in [9.17, 15) is 0 Å². The summed E-state index contributed by atoms with van der Waals surface area (Å²) in [6, 6.07) is 1.95. The molecule has 0 aliphatic rings. The quantitative estimate of drug-likeness (QED) is 0.842. The fourth-order valence-corrected chi connectivity index (χ4v) is 2.69. The third-order valence-electron chi connectivity index (χ3n) is 1.48. The van der Waals surface area contributed by atoms with Gasteiger partial charge in [0, 0.05) is 9.85 Å². The standard InChI is InChI=1S/C7H5BrClN3S/c8-3-1-4(13-2-3)5-6(9)12-7(10)11-5/h1-2H,(H3,10,11,12). The number of nitrogens with zero attached hydrogens (tertiary/aromatic N) is 1. The van der Waals surface area contributed by atoms with Gasteiger partial charge in [-0.05, 0) is 22.0 Å². The number of anilines is 1. The van der Waals surface area contributed by atoms with Crippen molar-refractivity contribution in [2.45, 2.75) is 0 Å². The second-order valence-corrected chi connectivity index (χ2v) is 4.62. The van der Waals surface area contributed by atoms with Crippen molar-refractivity contribution in [3.05, 3.63) is 21.1 Å². The molecule has 68 valence electrons. The molecule has 0 saturated heterocycles. The van der Waals surface area contributed by atoms with Crippen molar-refractivity contribution in [1.29, 1.82) is 0 Å². The van der Waals surface area contributed by atoms with E-state index in [0.717, 1.165) is 9.35 Å². The first-order valence-corrected chi connectivity index (χ1v) is 5.47. The summed E-state index contributed by atoms with van der Waals surface area (Å²) in [4.78, 5) is 7.80. The molecule has 0 fully saturated rings. The van der Waals surface area contributed by atoms with Crippen LogP contribution in [0.5, 0.6) is 0 Å². The summed E-state index contributed by atoms with van der Waals surface area (Å²) in [5.41, 5.74) is 6.17. The molecule has 0 amide bonds. The Morgan fingerprint density at radius 1 is 1.62 bits per heavy atom. The van der Waals surface area contributed by atoms with Crippen molar-refractivity contribution in [1.82, 2.24) is 9.97 Å². The van der Waals surface area contributed by atoms with Crippen LogP contribution in [0.1, 0.15) is 0 Å². The van der Waals surface area contributed by atoms with Gasteiger partial charge in [-0.1, -0.05) is 11.6 Å². The van der Waals surface area contributed by atoms with E-state index < -0.39 is 0 Å². The van der Waals surface area contributed by atoms with E-state index in [2.05, 4.69) is 25.9 Å². The zero-order valence-electron chi connectivity index (χ0n) is 6.34. The summed E-state index contributed by atoms with van der Waals surface area (Å²) in [6.45, 7) is 0. The van der Waals surface area contributed by atoms with Crippen molar-refractivity contribution in [3.63, 3.8) is 0 Å². The number of thiophene rings is 1. The number of halogens is 2. The number of hydrogen-bond donors (Lipinski definition) is 2. The maximum atomic E-state index is 5.88. The first-order valence-electron chi connectivity index (χ1n) is 3.42. The molecule has 3 nitrogen and oxygen atoms in total.